The molecule has 3 saturated carbocycles. The molecule has 0 bridgehead atoms. The van der Waals surface area contributed by atoms with Crippen molar-refractivity contribution in [1.29, 1.82) is 0 Å². The third-order valence-electron chi connectivity index (χ3n) is 15.0. The molecule has 0 aromatic heterocycles. The van der Waals surface area contributed by atoms with Crippen LogP contribution in [-0.2, 0) is 14.2 Å². The molecule has 9 atom stereocenters. The molecule has 0 aromatic rings. The van der Waals surface area contributed by atoms with Crippen molar-refractivity contribution in [3.05, 3.63) is 11.6 Å². The number of unbranched alkanes of at least 4 members (excludes halogenated alkanes) is 9. The molecular weight excluding hydrogens is 627 g/mol. The fourth-order valence-electron chi connectivity index (χ4n) is 11.7. The van der Waals surface area contributed by atoms with Crippen LogP contribution in [0.15, 0.2) is 11.6 Å². The lowest BCUT2D eigenvalue weighted by Gasteiger charge is -2.58. The van der Waals surface area contributed by atoms with Gasteiger partial charge < -0.3 is 19.1 Å². The topological polar surface area (TPSA) is 30.9 Å². The summed E-state index contributed by atoms with van der Waals surface area (Å²) in [5, 5.41) is 0. The second-order valence-corrected chi connectivity index (χ2v) is 19.3. The Balaban J connectivity index is 1.06. The van der Waals surface area contributed by atoms with Crippen LogP contribution in [0.4, 0.5) is 0 Å². The van der Waals surface area contributed by atoms with Crippen molar-refractivity contribution in [3.8, 4) is 0 Å². The van der Waals surface area contributed by atoms with Crippen LogP contribution in [0, 0.1) is 46.3 Å². The molecule has 0 aliphatic heterocycles. The van der Waals surface area contributed by atoms with Crippen molar-refractivity contribution < 1.29 is 14.2 Å². The van der Waals surface area contributed by atoms with Gasteiger partial charge in [0.1, 0.15) is 0 Å². The van der Waals surface area contributed by atoms with Crippen LogP contribution in [0.2, 0.25) is 0 Å². The lowest BCUT2D eigenvalue weighted by atomic mass is 9.47. The minimum absolute atomic E-state index is 0.353. The van der Waals surface area contributed by atoms with E-state index in [9.17, 15) is 0 Å². The average Bonchev–Trinajstić information content (AvgIpc) is 3.46. The summed E-state index contributed by atoms with van der Waals surface area (Å²) in [7, 11) is 4.28. The van der Waals surface area contributed by atoms with Gasteiger partial charge in [0.15, 0.2) is 0 Å². The zero-order valence-electron chi connectivity index (χ0n) is 35.5. The van der Waals surface area contributed by atoms with E-state index in [2.05, 4.69) is 66.6 Å². The average molecular weight is 714 g/mol. The molecule has 0 N–H and O–H groups in total. The summed E-state index contributed by atoms with van der Waals surface area (Å²) in [5.74, 6) is 5.51. The van der Waals surface area contributed by atoms with Gasteiger partial charge in [-0.1, -0.05) is 124 Å². The summed E-state index contributed by atoms with van der Waals surface area (Å²) in [6.07, 6.45) is 32.7. The van der Waals surface area contributed by atoms with Crippen LogP contribution in [0.25, 0.3) is 0 Å². The van der Waals surface area contributed by atoms with Gasteiger partial charge in [-0.2, -0.15) is 0 Å². The van der Waals surface area contributed by atoms with Crippen LogP contribution in [0.5, 0.6) is 0 Å². The Morgan fingerprint density at radius 3 is 2.02 bits per heavy atom. The number of nitrogens with zero attached hydrogens (tertiary/aromatic N) is 1. The number of hydrogen-bond donors (Lipinski definition) is 0. The van der Waals surface area contributed by atoms with Gasteiger partial charge in [-0.05, 0) is 131 Å². The standard InChI is InChI=1S/C47H87NO3/c1-9-10-11-14-17-31-49-35-40(48(7)8)36-50-32-18-15-12-13-16-19-33-51-41-27-29-46(5)39(34-41)23-24-42-44-26-25-43(38(4)22-20-21-37(2)3)47(44,6)30-28-45(42)46/h23,37-38,40-45H,9-22,24-36H2,1-8H3/t38-,40+,41+,42+,43-,44+,45+,46+,47-/m1/s1. The monoisotopic (exact) mass is 714 g/mol. The minimum Gasteiger partial charge on any atom is -0.380 e. The Kier molecular flexibility index (Phi) is 18.9. The van der Waals surface area contributed by atoms with Crippen LogP contribution in [0.1, 0.15) is 183 Å². The molecule has 0 aromatic carbocycles. The van der Waals surface area contributed by atoms with Crippen LogP contribution in [0.3, 0.4) is 0 Å². The molecule has 4 rings (SSSR count). The summed E-state index contributed by atoms with van der Waals surface area (Å²) in [5.41, 5.74) is 2.81. The third kappa shape index (κ3) is 12.5. The Labute approximate surface area is 318 Å². The van der Waals surface area contributed by atoms with Gasteiger partial charge in [0.2, 0.25) is 0 Å². The van der Waals surface area contributed by atoms with Crippen molar-refractivity contribution in [2.24, 2.45) is 46.3 Å². The lowest BCUT2D eigenvalue weighted by molar-refractivity contribution is -0.0641. The normalized spacial score (nSPS) is 31.7. The first-order chi connectivity index (χ1) is 24.6. The quantitative estimate of drug-likeness (QED) is 0.0659. The molecular formula is C47H87NO3. The van der Waals surface area contributed by atoms with E-state index in [0.717, 1.165) is 68.5 Å². The Morgan fingerprint density at radius 1 is 0.725 bits per heavy atom. The summed E-state index contributed by atoms with van der Waals surface area (Å²) < 4.78 is 18.6. The molecule has 0 saturated heterocycles. The molecule has 4 aliphatic rings. The molecule has 0 spiro atoms. The second kappa shape index (κ2) is 22.2. The Bertz CT molecular complexity index is 979. The highest BCUT2D eigenvalue weighted by Gasteiger charge is 2.59. The Morgan fingerprint density at radius 2 is 1.37 bits per heavy atom. The SMILES string of the molecule is CCCCCCCOC[C@@H](COCCCCCCCCO[C@H]1CC[C@@]2(C)C(=CC[C@H]3[C@@H]4CC[C@H]([C@H](C)CCCC(C)C)[C@@]4(C)CC[C@@H]32)C1)N(C)C. The fraction of sp³-hybridized carbons (Fsp3) is 0.957. The highest BCUT2D eigenvalue weighted by Crippen LogP contribution is 2.67. The zero-order chi connectivity index (χ0) is 36.7. The number of hydrogen-bond acceptors (Lipinski definition) is 4. The highest BCUT2D eigenvalue weighted by atomic mass is 16.5. The maximum Gasteiger partial charge on any atom is 0.0644 e. The van der Waals surface area contributed by atoms with Crippen LogP contribution in [-0.4, -0.2) is 64.2 Å². The summed E-state index contributed by atoms with van der Waals surface area (Å²) in [4.78, 5) is 2.25. The predicted octanol–water partition coefficient (Wildman–Crippen LogP) is 12.7. The maximum atomic E-state index is 6.57. The van der Waals surface area contributed by atoms with E-state index in [0.29, 0.717) is 23.0 Å². The van der Waals surface area contributed by atoms with Gasteiger partial charge in [0.05, 0.1) is 25.4 Å². The minimum atomic E-state index is 0.353. The molecule has 0 unspecified atom stereocenters. The third-order valence-corrected chi connectivity index (χ3v) is 15.0. The number of allylic oxidation sites excluding steroid dienone is 1. The lowest BCUT2D eigenvalue weighted by Crippen LogP contribution is -2.51. The summed E-state index contributed by atoms with van der Waals surface area (Å²) in [6.45, 7) is 19.3. The first-order valence-electron chi connectivity index (χ1n) is 22.7. The van der Waals surface area contributed by atoms with Gasteiger partial charge in [0.25, 0.3) is 0 Å². The largest absolute Gasteiger partial charge is 0.380 e. The number of likely N-dealkylation sites (N-methyl/N-ethyl adjacent to an activating group) is 1. The summed E-state index contributed by atoms with van der Waals surface area (Å²) >= 11 is 0. The Hall–Kier alpha value is -0.420. The van der Waals surface area contributed by atoms with Crippen LogP contribution >= 0.6 is 0 Å². The molecule has 4 nitrogen and oxygen atoms in total. The van der Waals surface area contributed by atoms with E-state index in [1.807, 2.05) is 0 Å². The molecule has 0 radical (unpaired) electrons. The van der Waals surface area contributed by atoms with Gasteiger partial charge in [-0.15, -0.1) is 0 Å². The van der Waals surface area contributed by atoms with Crippen molar-refractivity contribution in [2.45, 2.75) is 195 Å². The first kappa shape index (κ1) is 43.3. The molecule has 0 heterocycles. The van der Waals surface area contributed by atoms with Crippen molar-refractivity contribution in [3.63, 3.8) is 0 Å². The highest BCUT2D eigenvalue weighted by molar-refractivity contribution is 5.25. The van der Waals surface area contributed by atoms with Crippen molar-refractivity contribution >= 4 is 0 Å². The van der Waals surface area contributed by atoms with E-state index in [1.165, 1.54) is 141 Å². The van der Waals surface area contributed by atoms with Gasteiger partial charge in [0, 0.05) is 19.8 Å². The van der Waals surface area contributed by atoms with E-state index in [4.69, 9.17) is 14.2 Å². The number of ether oxygens (including phenoxy) is 3. The maximum absolute atomic E-state index is 6.57. The zero-order valence-corrected chi connectivity index (χ0v) is 35.5. The van der Waals surface area contributed by atoms with E-state index in [-0.39, 0.29) is 0 Å². The molecule has 4 heteroatoms. The van der Waals surface area contributed by atoms with Gasteiger partial charge in [-0.25, -0.2) is 0 Å². The number of fused-ring (bicyclic) bond motifs is 5. The first-order valence-corrected chi connectivity index (χ1v) is 22.7. The van der Waals surface area contributed by atoms with Gasteiger partial charge in [-0.3, -0.25) is 0 Å². The number of rotatable bonds is 26. The predicted molar refractivity (Wildman–Crippen MR) is 218 cm³/mol. The molecule has 3 fully saturated rings. The fourth-order valence-corrected chi connectivity index (χ4v) is 11.7. The second-order valence-electron chi connectivity index (χ2n) is 19.3. The molecule has 298 valence electrons. The van der Waals surface area contributed by atoms with Crippen molar-refractivity contribution in [1.82, 2.24) is 4.90 Å². The van der Waals surface area contributed by atoms with Gasteiger partial charge >= 0.3 is 0 Å². The smallest absolute Gasteiger partial charge is 0.0644 e. The van der Waals surface area contributed by atoms with E-state index < -0.39 is 0 Å². The molecule has 4 aliphatic carbocycles. The summed E-state index contributed by atoms with van der Waals surface area (Å²) in [6, 6.07) is 0.353. The van der Waals surface area contributed by atoms with E-state index >= 15 is 0 Å². The van der Waals surface area contributed by atoms with Crippen molar-refractivity contribution in [2.75, 3.05) is 47.1 Å². The van der Waals surface area contributed by atoms with E-state index in [1.54, 1.807) is 5.57 Å². The molecule has 0 amide bonds. The van der Waals surface area contributed by atoms with Crippen LogP contribution < -0.4 is 0 Å². The molecule has 51 heavy (non-hydrogen) atoms.